The Labute approximate surface area is 170 Å². The van der Waals surface area contributed by atoms with Crippen molar-refractivity contribution in [2.24, 2.45) is 0 Å². The Morgan fingerprint density at radius 3 is 2.57 bits per heavy atom. The van der Waals surface area contributed by atoms with E-state index in [-0.39, 0.29) is 5.95 Å². The van der Waals surface area contributed by atoms with Crippen LogP contribution < -0.4 is 11.1 Å². The first kappa shape index (κ1) is 18.6. The van der Waals surface area contributed by atoms with Gasteiger partial charge in [0.25, 0.3) is 0 Å². The molecule has 4 aromatic rings. The first-order chi connectivity index (χ1) is 13.5. The van der Waals surface area contributed by atoms with E-state index in [0.717, 1.165) is 26.8 Å². The van der Waals surface area contributed by atoms with E-state index in [1.807, 2.05) is 37.3 Å². The number of aromatic nitrogens is 5. The van der Waals surface area contributed by atoms with E-state index in [9.17, 15) is 0 Å². The molecule has 0 aliphatic heterocycles. The average Bonchev–Trinajstić information content (AvgIpc) is 2.94. The summed E-state index contributed by atoms with van der Waals surface area (Å²) in [4.78, 5) is 24.4. The van der Waals surface area contributed by atoms with Gasteiger partial charge in [0.05, 0.1) is 5.75 Å². The zero-order valence-electron chi connectivity index (χ0n) is 15.7. The smallest absolute Gasteiger partial charge is 0.232 e. The number of nitrogens with zero attached hydrogens (tertiary/aromatic N) is 5. The molecule has 0 bridgehead atoms. The molecular weight excluding hydrogens is 390 g/mol. The van der Waals surface area contributed by atoms with Crippen LogP contribution in [0.3, 0.4) is 0 Å². The molecule has 0 atom stereocenters. The molecule has 0 fully saturated rings. The summed E-state index contributed by atoms with van der Waals surface area (Å²) in [6.45, 7) is 6.14. The highest BCUT2D eigenvalue weighted by Crippen LogP contribution is 2.36. The molecule has 7 nitrogen and oxygen atoms in total. The minimum absolute atomic E-state index is 0.190. The molecule has 0 radical (unpaired) electrons. The quantitative estimate of drug-likeness (QED) is 0.369. The van der Waals surface area contributed by atoms with Gasteiger partial charge in [-0.05, 0) is 38.5 Å². The van der Waals surface area contributed by atoms with E-state index in [4.69, 9.17) is 5.73 Å². The van der Waals surface area contributed by atoms with Crippen LogP contribution in [0.4, 0.5) is 17.6 Å². The summed E-state index contributed by atoms with van der Waals surface area (Å²) in [7, 11) is 0. The lowest BCUT2D eigenvalue weighted by Gasteiger charge is -2.08. The summed E-state index contributed by atoms with van der Waals surface area (Å²) in [5.74, 6) is 2.52. The van der Waals surface area contributed by atoms with Gasteiger partial charge in [0.2, 0.25) is 11.9 Å². The summed E-state index contributed by atoms with van der Waals surface area (Å²) in [6.07, 6.45) is 0. The third-order valence-corrected chi connectivity index (χ3v) is 6.25. The van der Waals surface area contributed by atoms with Gasteiger partial charge in [-0.3, -0.25) is 0 Å². The van der Waals surface area contributed by atoms with Gasteiger partial charge in [-0.15, -0.1) is 11.3 Å². The van der Waals surface area contributed by atoms with Gasteiger partial charge in [0, 0.05) is 16.0 Å². The van der Waals surface area contributed by atoms with Crippen molar-refractivity contribution in [2.75, 3.05) is 11.1 Å². The highest BCUT2D eigenvalue weighted by molar-refractivity contribution is 7.98. The number of aryl methyl sites for hydroxylation is 3. The van der Waals surface area contributed by atoms with E-state index in [0.29, 0.717) is 17.5 Å². The Bertz CT molecular complexity index is 1140. The van der Waals surface area contributed by atoms with E-state index >= 15 is 0 Å². The van der Waals surface area contributed by atoms with Gasteiger partial charge in [0.15, 0.2) is 0 Å². The standard InChI is InChI=1S/C19H19N7S2/c1-10-11(2)28-17-15(10)16(21-12(3)22-17)27-9-14-24-18(20)26-19(25-14)23-13-7-5-4-6-8-13/h4-8H,9H2,1-3H3,(H3,20,23,24,25,26). The monoisotopic (exact) mass is 409 g/mol. The van der Waals surface area contributed by atoms with Gasteiger partial charge in [0.1, 0.15) is 21.5 Å². The van der Waals surface area contributed by atoms with Crippen LogP contribution in [0.25, 0.3) is 10.2 Å². The van der Waals surface area contributed by atoms with Crippen molar-refractivity contribution in [1.82, 2.24) is 24.9 Å². The van der Waals surface area contributed by atoms with E-state index in [1.165, 1.54) is 10.4 Å². The fourth-order valence-electron chi connectivity index (χ4n) is 2.76. The second kappa shape index (κ2) is 7.69. The Kier molecular flexibility index (Phi) is 5.10. The predicted molar refractivity (Wildman–Crippen MR) is 115 cm³/mol. The van der Waals surface area contributed by atoms with Gasteiger partial charge < -0.3 is 11.1 Å². The molecule has 142 valence electrons. The van der Waals surface area contributed by atoms with Crippen LogP contribution in [0.1, 0.15) is 22.1 Å². The van der Waals surface area contributed by atoms with Gasteiger partial charge in [-0.1, -0.05) is 30.0 Å². The Morgan fingerprint density at radius 2 is 1.79 bits per heavy atom. The van der Waals surface area contributed by atoms with Crippen LogP contribution >= 0.6 is 23.1 Å². The maximum atomic E-state index is 5.89. The van der Waals surface area contributed by atoms with Crippen molar-refractivity contribution in [1.29, 1.82) is 0 Å². The Hall–Kier alpha value is -2.78. The number of rotatable bonds is 5. The molecular formula is C19H19N7S2. The molecule has 3 heterocycles. The fraction of sp³-hybridized carbons (Fsp3) is 0.211. The lowest BCUT2D eigenvalue weighted by Crippen LogP contribution is -2.06. The molecule has 0 unspecified atom stereocenters. The van der Waals surface area contributed by atoms with Crippen molar-refractivity contribution in [2.45, 2.75) is 31.6 Å². The molecule has 0 spiro atoms. The van der Waals surface area contributed by atoms with Crippen molar-refractivity contribution >= 4 is 50.9 Å². The summed E-state index contributed by atoms with van der Waals surface area (Å²) < 4.78 is 0. The van der Waals surface area contributed by atoms with Crippen molar-refractivity contribution in [3.05, 3.63) is 52.4 Å². The molecule has 4 rings (SSSR count). The van der Waals surface area contributed by atoms with Crippen LogP contribution in [0.5, 0.6) is 0 Å². The Balaban J connectivity index is 1.59. The number of nitrogens with two attached hydrogens (primary N) is 1. The normalized spacial score (nSPS) is 11.1. The molecule has 0 saturated heterocycles. The number of nitrogens with one attached hydrogen (secondary N) is 1. The molecule has 0 aliphatic carbocycles. The largest absolute Gasteiger partial charge is 0.368 e. The number of thioether (sulfide) groups is 1. The number of hydrogen-bond donors (Lipinski definition) is 2. The maximum Gasteiger partial charge on any atom is 0.232 e. The molecule has 0 aliphatic rings. The maximum absolute atomic E-state index is 5.89. The minimum atomic E-state index is 0.190. The van der Waals surface area contributed by atoms with Crippen LogP contribution in [-0.2, 0) is 5.75 Å². The third kappa shape index (κ3) is 3.90. The van der Waals surface area contributed by atoms with Crippen molar-refractivity contribution in [3.8, 4) is 0 Å². The molecule has 28 heavy (non-hydrogen) atoms. The first-order valence-electron chi connectivity index (χ1n) is 8.69. The van der Waals surface area contributed by atoms with Crippen LogP contribution in [0.2, 0.25) is 0 Å². The number of nitrogen functional groups attached to an aromatic ring is 1. The molecule has 3 N–H and O–H groups in total. The molecule has 3 aromatic heterocycles. The predicted octanol–water partition coefficient (Wildman–Crippen LogP) is 4.42. The number of thiophene rings is 1. The third-order valence-electron chi connectivity index (χ3n) is 4.17. The summed E-state index contributed by atoms with van der Waals surface area (Å²) in [5, 5.41) is 5.22. The van der Waals surface area contributed by atoms with Crippen LogP contribution in [0, 0.1) is 20.8 Å². The van der Waals surface area contributed by atoms with Crippen LogP contribution in [-0.4, -0.2) is 24.9 Å². The van der Waals surface area contributed by atoms with Gasteiger partial charge >= 0.3 is 0 Å². The zero-order chi connectivity index (χ0) is 19.7. The van der Waals surface area contributed by atoms with E-state index in [2.05, 4.69) is 44.1 Å². The summed E-state index contributed by atoms with van der Waals surface area (Å²) in [6, 6.07) is 9.72. The first-order valence-corrected chi connectivity index (χ1v) is 10.5. The zero-order valence-corrected chi connectivity index (χ0v) is 17.4. The highest BCUT2D eigenvalue weighted by Gasteiger charge is 2.15. The molecule has 0 amide bonds. The number of para-hydroxylation sites is 1. The fourth-order valence-corrected chi connectivity index (χ4v) is 4.89. The second-order valence-corrected chi connectivity index (χ2v) is 8.42. The topological polar surface area (TPSA) is 102 Å². The molecule has 9 heteroatoms. The van der Waals surface area contributed by atoms with Crippen molar-refractivity contribution in [3.63, 3.8) is 0 Å². The van der Waals surface area contributed by atoms with Crippen molar-refractivity contribution < 1.29 is 0 Å². The van der Waals surface area contributed by atoms with E-state index < -0.39 is 0 Å². The summed E-state index contributed by atoms with van der Waals surface area (Å²) in [5.41, 5.74) is 8.01. The van der Waals surface area contributed by atoms with Gasteiger partial charge in [-0.25, -0.2) is 9.97 Å². The lowest BCUT2D eigenvalue weighted by molar-refractivity contribution is 0.974. The van der Waals surface area contributed by atoms with E-state index in [1.54, 1.807) is 23.1 Å². The molecule has 1 aromatic carbocycles. The minimum Gasteiger partial charge on any atom is -0.368 e. The second-order valence-electron chi connectivity index (χ2n) is 6.25. The SMILES string of the molecule is Cc1nc(SCc2nc(N)nc(Nc3ccccc3)n2)c2c(C)c(C)sc2n1. The van der Waals surface area contributed by atoms with Crippen LogP contribution in [0.15, 0.2) is 35.4 Å². The summed E-state index contributed by atoms with van der Waals surface area (Å²) >= 11 is 3.29. The number of anilines is 3. The highest BCUT2D eigenvalue weighted by atomic mass is 32.2. The number of fused-ring (bicyclic) bond motifs is 1. The average molecular weight is 410 g/mol. The Morgan fingerprint density at radius 1 is 1.00 bits per heavy atom. The van der Waals surface area contributed by atoms with Gasteiger partial charge in [-0.2, -0.15) is 15.0 Å². The molecule has 0 saturated carbocycles. The lowest BCUT2D eigenvalue weighted by atomic mass is 10.2. The number of hydrogen-bond acceptors (Lipinski definition) is 9. The number of benzene rings is 1.